The molecular weight excluding hydrogens is 446 g/mol. The Kier molecular flexibility index (Phi) is 10.7. The highest BCUT2D eigenvalue weighted by Gasteiger charge is 2.30. The summed E-state index contributed by atoms with van der Waals surface area (Å²) < 4.78 is 5.34. The number of hydrogen-bond acceptors (Lipinski definition) is 6. The molecule has 1 atom stereocenters. The summed E-state index contributed by atoms with van der Waals surface area (Å²) in [6.07, 6.45) is 8.38. The Bertz CT molecular complexity index is 893. The molecule has 194 valence electrons. The Morgan fingerprint density at radius 3 is 2.49 bits per heavy atom. The number of para-hydroxylation sites is 1. The van der Waals surface area contributed by atoms with Gasteiger partial charge in [-0.3, -0.25) is 24.5 Å². The lowest BCUT2D eigenvalue weighted by Crippen LogP contribution is -2.45. The van der Waals surface area contributed by atoms with Crippen molar-refractivity contribution in [2.75, 3.05) is 23.9 Å². The van der Waals surface area contributed by atoms with Crippen molar-refractivity contribution in [2.45, 2.75) is 96.6 Å². The number of carbonyl (C=O) groups is 4. The number of aryl methyl sites for hydroxylation is 1. The lowest BCUT2D eigenvalue weighted by atomic mass is 10.0. The molecule has 0 spiro atoms. The van der Waals surface area contributed by atoms with Crippen LogP contribution in [0.2, 0.25) is 0 Å². The number of unbranched alkanes of at least 4 members (excludes halogenated alkanes) is 4. The van der Waals surface area contributed by atoms with Crippen LogP contribution in [0.25, 0.3) is 0 Å². The van der Waals surface area contributed by atoms with Gasteiger partial charge in [-0.05, 0) is 64.5 Å². The monoisotopic (exact) mass is 487 g/mol. The maximum absolute atomic E-state index is 12.6. The van der Waals surface area contributed by atoms with Crippen molar-refractivity contribution < 1.29 is 23.9 Å². The number of amides is 3. The topological polar surface area (TPSA) is 96.0 Å². The molecule has 35 heavy (non-hydrogen) atoms. The molecule has 1 N–H and O–H groups in total. The zero-order valence-corrected chi connectivity index (χ0v) is 21.9. The van der Waals surface area contributed by atoms with E-state index in [4.69, 9.17) is 4.74 Å². The summed E-state index contributed by atoms with van der Waals surface area (Å²) in [5.74, 6) is -0.686. The fourth-order valence-electron chi connectivity index (χ4n) is 4.44. The van der Waals surface area contributed by atoms with E-state index in [0.717, 1.165) is 61.9 Å². The Hall–Kier alpha value is -2.90. The Morgan fingerprint density at radius 2 is 1.80 bits per heavy atom. The molecule has 1 aliphatic rings. The zero-order valence-electron chi connectivity index (χ0n) is 21.9. The van der Waals surface area contributed by atoms with Crippen LogP contribution in [-0.4, -0.2) is 49.9 Å². The second kappa shape index (κ2) is 13.3. The first-order valence-corrected chi connectivity index (χ1v) is 12.6. The van der Waals surface area contributed by atoms with Crippen molar-refractivity contribution in [3.8, 4) is 0 Å². The van der Waals surface area contributed by atoms with Gasteiger partial charge >= 0.3 is 5.97 Å². The van der Waals surface area contributed by atoms with E-state index in [2.05, 4.69) is 5.32 Å². The molecule has 1 aromatic carbocycles. The lowest BCUT2D eigenvalue weighted by molar-refractivity contribution is -0.155. The largest absolute Gasteiger partial charge is 0.460 e. The highest BCUT2D eigenvalue weighted by atomic mass is 16.6. The van der Waals surface area contributed by atoms with Crippen molar-refractivity contribution in [1.82, 2.24) is 5.32 Å². The van der Waals surface area contributed by atoms with Gasteiger partial charge in [0.2, 0.25) is 18.2 Å². The van der Waals surface area contributed by atoms with Crippen LogP contribution in [0, 0.1) is 0 Å². The molecule has 1 unspecified atom stereocenters. The minimum atomic E-state index is -0.472. The second-order valence-electron chi connectivity index (χ2n) is 10.3. The molecule has 2 rings (SSSR count). The summed E-state index contributed by atoms with van der Waals surface area (Å²) in [7, 11) is 3.56. The van der Waals surface area contributed by atoms with Crippen LogP contribution < -0.4 is 15.1 Å². The first-order chi connectivity index (χ1) is 16.5. The molecule has 0 radical (unpaired) electrons. The molecule has 1 aromatic rings. The fraction of sp³-hybridized carbons (Fsp3) is 0.630. The molecular formula is C27H41N3O5. The van der Waals surface area contributed by atoms with Gasteiger partial charge < -0.3 is 14.5 Å². The number of hydrogen-bond donors (Lipinski definition) is 1. The van der Waals surface area contributed by atoms with E-state index in [1.54, 1.807) is 11.9 Å². The van der Waals surface area contributed by atoms with Crippen LogP contribution in [0.3, 0.4) is 0 Å². The summed E-state index contributed by atoms with van der Waals surface area (Å²) in [5, 5.41) is 2.46. The SMILES string of the molecule is CN(C=O)c1c(CCCCCCCC(=O)OC(C)(C)C)cccc1N(C)C1CCCC(=O)NC1=O. The summed E-state index contributed by atoms with van der Waals surface area (Å²) in [4.78, 5) is 51.3. The average molecular weight is 488 g/mol. The van der Waals surface area contributed by atoms with Crippen molar-refractivity contribution in [1.29, 1.82) is 0 Å². The first-order valence-electron chi connectivity index (χ1n) is 12.6. The van der Waals surface area contributed by atoms with E-state index in [-0.39, 0.29) is 17.8 Å². The molecule has 1 saturated heterocycles. The summed E-state index contributed by atoms with van der Waals surface area (Å²) in [6.45, 7) is 5.63. The predicted molar refractivity (Wildman–Crippen MR) is 137 cm³/mol. The molecule has 3 amide bonds. The number of nitrogens with one attached hydrogen (secondary N) is 1. The predicted octanol–water partition coefficient (Wildman–Crippen LogP) is 4.14. The van der Waals surface area contributed by atoms with E-state index in [1.807, 2.05) is 50.9 Å². The summed E-state index contributed by atoms with van der Waals surface area (Å²) in [6, 6.07) is 5.41. The highest BCUT2D eigenvalue weighted by Crippen LogP contribution is 2.34. The van der Waals surface area contributed by atoms with Gasteiger partial charge in [0.15, 0.2) is 0 Å². The van der Waals surface area contributed by atoms with Crippen molar-refractivity contribution >= 4 is 35.6 Å². The Balaban J connectivity index is 1.97. The number of carbonyl (C=O) groups excluding carboxylic acids is 4. The van der Waals surface area contributed by atoms with Gasteiger partial charge in [0.05, 0.1) is 11.4 Å². The normalized spacial score (nSPS) is 16.3. The number of benzene rings is 1. The third-order valence-corrected chi connectivity index (χ3v) is 6.15. The van der Waals surface area contributed by atoms with E-state index >= 15 is 0 Å². The van der Waals surface area contributed by atoms with Crippen molar-refractivity contribution in [3.63, 3.8) is 0 Å². The van der Waals surface area contributed by atoms with Crippen LogP contribution >= 0.6 is 0 Å². The average Bonchev–Trinajstić information content (AvgIpc) is 2.95. The second-order valence-corrected chi connectivity index (χ2v) is 10.3. The van der Waals surface area contributed by atoms with E-state index in [9.17, 15) is 19.2 Å². The third kappa shape index (κ3) is 9.00. The Morgan fingerprint density at radius 1 is 1.11 bits per heavy atom. The van der Waals surface area contributed by atoms with Gasteiger partial charge in [-0.1, -0.05) is 31.4 Å². The van der Waals surface area contributed by atoms with Gasteiger partial charge in [-0.25, -0.2) is 0 Å². The van der Waals surface area contributed by atoms with E-state index < -0.39 is 11.6 Å². The molecule has 0 aromatic heterocycles. The van der Waals surface area contributed by atoms with E-state index in [0.29, 0.717) is 25.7 Å². The highest BCUT2D eigenvalue weighted by molar-refractivity contribution is 6.00. The molecule has 1 heterocycles. The standard InChI is InChI=1S/C27H41N3O5/c1-27(2,3)35-24(33)18-10-8-6-7-9-13-20-14-11-15-21(25(20)29(4)19-31)30(5)22-16-12-17-23(32)28-26(22)34/h11,14-15,19,22H,6-10,12-13,16-18H2,1-5H3,(H,28,32,34). The number of nitrogens with zero attached hydrogens (tertiary/aromatic N) is 2. The smallest absolute Gasteiger partial charge is 0.306 e. The minimum absolute atomic E-state index is 0.147. The molecule has 0 saturated carbocycles. The number of likely N-dealkylation sites (N-methyl/N-ethyl adjacent to an activating group) is 1. The van der Waals surface area contributed by atoms with Gasteiger partial charge in [-0.2, -0.15) is 0 Å². The minimum Gasteiger partial charge on any atom is -0.460 e. The fourth-order valence-corrected chi connectivity index (χ4v) is 4.44. The van der Waals surface area contributed by atoms with Crippen molar-refractivity contribution in [2.24, 2.45) is 0 Å². The quantitative estimate of drug-likeness (QED) is 0.206. The number of anilines is 2. The summed E-state index contributed by atoms with van der Waals surface area (Å²) >= 11 is 0. The number of ether oxygens (including phenoxy) is 1. The maximum atomic E-state index is 12.6. The molecule has 8 nitrogen and oxygen atoms in total. The molecule has 1 aliphatic heterocycles. The van der Waals surface area contributed by atoms with Gasteiger partial charge in [-0.15, -0.1) is 0 Å². The van der Waals surface area contributed by atoms with Gasteiger partial charge in [0, 0.05) is 26.9 Å². The molecule has 0 bridgehead atoms. The zero-order chi connectivity index (χ0) is 26.0. The Labute approximate surface area is 209 Å². The van der Waals surface area contributed by atoms with Crippen LogP contribution in [-0.2, 0) is 30.3 Å². The van der Waals surface area contributed by atoms with Gasteiger partial charge in [0.25, 0.3) is 0 Å². The van der Waals surface area contributed by atoms with Crippen LogP contribution in [0.1, 0.15) is 84.1 Å². The first kappa shape index (κ1) is 28.3. The van der Waals surface area contributed by atoms with Crippen molar-refractivity contribution in [3.05, 3.63) is 23.8 Å². The van der Waals surface area contributed by atoms with Crippen LogP contribution in [0.4, 0.5) is 11.4 Å². The molecule has 1 fully saturated rings. The maximum Gasteiger partial charge on any atom is 0.306 e. The molecule has 0 aliphatic carbocycles. The lowest BCUT2D eigenvalue weighted by Gasteiger charge is -2.32. The van der Waals surface area contributed by atoms with Crippen LogP contribution in [0.15, 0.2) is 18.2 Å². The summed E-state index contributed by atoms with van der Waals surface area (Å²) in [5.41, 5.74) is 2.19. The third-order valence-electron chi connectivity index (χ3n) is 6.15. The number of rotatable bonds is 12. The molecule has 8 heteroatoms. The van der Waals surface area contributed by atoms with E-state index in [1.165, 1.54) is 0 Å². The van der Waals surface area contributed by atoms with Gasteiger partial charge in [0.1, 0.15) is 11.6 Å². The van der Waals surface area contributed by atoms with Crippen LogP contribution in [0.5, 0.6) is 0 Å². The number of esters is 1. The number of imide groups is 1.